The molecule has 0 unspecified atom stereocenters. The second-order valence-corrected chi connectivity index (χ2v) is 9.33. The fourth-order valence-electron chi connectivity index (χ4n) is 2.67. The highest BCUT2D eigenvalue weighted by Gasteiger charge is 2.23. The van der Waals surface area contributed by atoms with Crippen LogP contribution in [0, 0.1) is 0 Å². The van der Waals surface area contributed by atoms with Crippen LogP contribution < -0.4 is 5.32 Å². The van der Waals surface area contributed by atoms with Gasteiger partial charge < -0.3 is 5.32 Å². The lowest BCUT2D eigenvalue weighted by molar-refractivity contribution is 0.0955. The summed E-state index contributed by atoms with van der Waals surface area (Å²) in [6, 6.07) is 20.8. The fraction of sp³-hybridized carbons (Fsp3) is 0.190. The predicted molar refractivity (Wildman–Crippen MR) is 112 cm³/mol. The van der Waals surface area contributed by atoms with E-state index < -0.39 is 10.0 Å². The van der Waals surface area contributed by atoms with E-state index in [-0.39, 0.29) is 10.8 Å². The van der Waals surface area contributed by atoms with Crippen LogP contribution in [-0.4, -0.2) is 32.2 Å². The molecular weight excluding hydrogens is 392 g/mol. The zero-order valence-corrected chi connectivity index (χ0v) is 17.2. The van der Waals surface area contributed by atoms with Gasteiger partial charge in [-0.15, -0.1) is 11.3 Å². The first-order valence-electron chi connectivity index (χ1n) is 8.88. The maximum absolute atomic E-state index is 12.8. The number of carbonyl (C=O) groups is 1. The summed E-state index contributed by atoms with van der Waals surface area (Å²) < 4.78 is 26.9. The Hall–Kier alpha value is -2.48. The van der Waals surface area contributed by atoms with Gasteiger partial charge in [0.1, 0.15) is 0 Å². The molecule has 1 N–H and O–H groups in total. The molecule has 0 bridgehead atoms. The van der Waals surface area contributed by atoms with Crippen LogP contribution in [0.3, 0.4) is 0 Å². The maximum atomic E-state index is 12.8. The number of likely N-dealkylation sites (N-methyl/N-ethyl adjacent to an activating group) is 1. The van der Waals surface area contributed by atoms with Gasteiger partial charge in [0.2, 0.25) is 10.0 Å². The van der Waals surface area contributed by atoms with Gasteiger partial charge in [-0.25, -0.2) is 12.7 Å². The molecule has 0 aliphatic heterocycles. The van der Waals surface area contributed by atoms with Crippen molar-refractivity contribution in [1.82, 2.24) is 9.62 Å². The number of hydrogen-bond donors (Lipinski definition) is 1. The quantitative estimate of drug-likeness (QED) is 0.613. The maximum Gasteiger partial charge on any atom is 0.261 e. The van der Waals surface area contributed by atoms with Gasteiger partial charge in [0.15, 0.2) is 0 Å². The number of rotatable bonds is 8. The van der Waals surface area contributed by atoms with Crippen molar-refractivity contribution in [3.05, 3.63) is 88.1 Å². The van der Waals surface area contributed by atoms with E-state index in [0.717, 1.165) is 22.5 Å². The lowest BCUT2D eigenvalue weighted by Gasteiger charge is -2.16. The van der Waals surface area contributed by atoms with Crippen molar-refractivity contribution in [3.63, 3.8) is 0 Å². The van der Waals surface area contributed by atoms with Crippen LogP contribution in [0.4, 0.5) is 0 Å². The van der Waals surface area contributed by atoms with Crippen LogP contribution in [0.5, 0.6) is 0 Å². The van der Waals surface area contributed by atoms with E-state index in [0.29, 0.717) is 24.4 Å². The molecule has 1 amide bonds. The van der Waals surface area contributed by atoms with E-state index in [4.69, 9.17) is 0 Å². The molecule has 0 aliphatic rings. The number of carbonyl (C=O) groups excluding carboxylic acids is 1. The number of amides is 1. The monoisotopic (exact) mass is 414 g/mol. The number of nitrogens with one attached hydrogen (secondary N) is 1. The molecular formula is C21H22N2O3S2. The smallest absolute Gasteiger partial charge is 0.261 e. The van der Waals surface area contributed by atoms with Crippen molar-refractivity contribution < 1.29 is 13.2 Å². The van der Waals surface area contributed by atoms with Crippen LogP contribution in [0.15, 0.2) is 77.0 Å². The van der Waals surface area contributed by atoms with Gasteiger partial charge in [-0.2, -0.15) is 0 Å². The van der Waals surface area contributed by atoms with Gasteiger partial charge in [0.05, 0.1) is 9.77 Å². The number of hydrogen-bond acceptors (Lipinski definition) is 4. The fourth-order valence-corrected chi connectivity index (χ4v) is 5.02. The Bertz CT molecular complexity index is 1020. The molecule has 0 atom stereocenters. The molecule has 0 aliphatic carbocycles. The molecule has 7 heteroatoms. The Morgan fingerprint density at radius 2 is 1.61 bits per heavy atom. The molecule has 0 saturated carbocycles. The largest absolute Gasteiger partial charge is 0.347 e. The molecule has 3 aromatic rings. The summed E-state index contributed by atoms with van der Waals surface area (Å²) >= 11 is 1.13. The number of thiophene rings is 1. The number of benzene rings is 2. The topological polar surface area (TPSA) is 66.5 Å². The first-order valence-corrected chi connectivity index (χ1v) is 11.2. The van der Waals surface area contributed by atoms with Crippen LogP contribution in [0.2, 0.25) is 0 Å². The highest BCUT2D eigenvalue weighted by atomic mass is 32.2. The van der Waals surface area contributed by atoms with E-state index in [9.17, 15) is 13.2 Å². The molecule has 1 heterocycles. The summed E-state index contributed by atoms with van der Waals surface area (Å²) in [6.45, 7) is 0.772. The van der Waals surface area contributed by atoms with E-state index in [1.165, 1.54) is 15.8 Å². The standard InChI is InChI=1S/C21H22N2O3S2/c1-23(13-12-17-8-4-2-5-9-17)28(25,26)19-14-20(27-16-19)21(24)22-15-18-10-6-3-7-11-18/h2-11,14,16H,12-13,15H2,1H3,(H,22,24). The van der Waals surface area contributed by atoms with Crippen molar-refractivity contribution in [1.29, 1.82) is 0 Å². The highest BCUT2D eigenvalue weighted by Crippen LogP contribution is 2.22. The minimum atomic E-state index is -3.63. The third-order valence-corrected chi connectivity index (χ3v) is 7.27. The summed E-state index contributed by atoms with van der Waals surface area (Å²) in [6.07, 6.45) is 0.630. The number of sulfonamides is 1. The molecule has 0 radical (unpaired) electrons. The predicted octanol–water partition coefficient (Wildman–Crippen LogP) is 3.54. The van der Waals surface area contributed by atoms with Crippen LogP contribution >= 0.6 is 11.3 Å². The summed E-state index contributed by atoms with van der Waals surface area (Å²) in [5.41, 5.74) is 2.07. The first-order chi connectivity index (χ1) is 13.5. The Balaban J connectivity index is 1.61. The lowest BCUT2D eigenvalue weighted by Crippen LogP contribution is -2.28. The van der Waals surface area contributed by atoms with Crippen molar-refractivity contribution in [2.75, 3.05) is 13.6 Å². The molecule has 0 spiro atoms. The minimum absolute atomic E-state index is 0.151. The lowest BCUT2D eigenvalue weighted by atomic mass is 10.2. The van der Waals surface area contributed by atoms with E-state index in [2.05, 4.69) is 5.32 Å². The van der Waals surface area contributed by atoms with Crippen LogP contribution in [-0.2, 0) is 23.0 Å². The first kappa shape index (κ1) is 20.3. The molecule has 3 rings (SSSR count). The Kier molecular flexibility index (Phi) is 6.61. The van der Waals surface area contributed by atoms with Gasteiger partial charge in [-0.1, -0.05) is 60.7 Å². The number of nitrogens with zero attached hydrogens (tertiary/aromatic N) is 1. The molecule has 1 aromatic heterocycles. The van der Waals surface area contributed by atoms with Gasteiger partial charge in [-0.3, -0.25) is 4.79 Å². The highest BCUT2D eigenvalue weighted by molar-refractivity contribution is 7.89. The summed E-state index contributed by atoms with van der Waals surface area (Å²) in [7, 11) is -2.06. The van der Waals surface area contributed by atoms with Crippen molar-refractivity contribution >= 4 is 27.3 Å². The van der Waals surface area contributed by atoms with Crippen molar-refractivity contribution in [2.45, 2.75) is 17.9 Å². The molecule has 5 nitrogen and oxygen atoms in total. The van der Waals surface area contributed by atoms with E-state index in [1.54, 1.807) is 7.05 Å². The van der Waals surface area contributed by atoms with Crippen LogP contribution in [0.1, 0.15) is 20.8 Å². The van der Waals surface area contributed by atoms with Crippen molar-refractivity contribution in [2.24, 2.45) is 0 Å². The van der Waals surface area contributed by atoms with E-state index >= 15 is 0 Å². The van der Waals surface area contributed by atoms with E-state index in [1.807, 2.05) is 60.7 Å². The second kappa shape index (κ2) is 9.14. The Labute approximate surface area is 169 Å². The molecule has 0 saturated heterocycles. The Morgan fingerprint density at radius 1 is 1.00 bits per heavy atom. The molecule has 146 valence electrons. The second-order valence-electron chi connectivity index (χ2n) is 6.38. The van der Waals surface area contributed by atoms with Gasteiger partial charge >= 0.3 is 0 Å². The third-order valence-electron chi connectivity index (χ3n) is 4.36. The molecule has 0 fully saturated rings. The average molecular weight is 415 g/mol. The zero-order chi connectivity index (χ0) is 20.0. The molecule has 28 heavy (non-hydrogen) atoms. The summed E-state index contributed by atoms with van der Waals surface area (Å²) in [4.78, 5) is 12.9. The minimum Gasteiger partial charge on any atom is -0.347 e. The molecule has 2 aromatic carbocycles. The van der Waals surface area contributed by atoms with Gasteiger partial charge in [0.25, 0.3) is 5.91 Å². The van der Waals surface area contributed by atoms with Crippen LogP contribution in [0.25, 0.3) is 0 Å². The Morgan fingerprint density at radius 3 is 2.25 bits per heavy atom. The summed E-state index contributed by atoms with van der Waals surface area (Å²) in [5, 5.41) is 4.34. The SMILES string of the molecule is CN(CCc1ccccc1)S(=O)(=O)c1csc(C(=O)NCc2ccccc2)c1. The van der Waals surface area contributed by atoms with Gasteiger partial charge in [-0.05, 0) is 23.6 Å². The zero-order valence-electron chi connectivity index (χ0n) is 15.5. The van der Waals surface area contributed by atoms with Gasteiger partial charge in [0, 0.05) is 25.5 Å². The normalized spacial score (nSPS) is 11.5. The third kappa shape index (κ3) is 5.07. The van der Waals surface area contributed by atoms with Crippen molar-refractivity contribution in [3.8, 4) is 0 Å². The summed E-state index contributed by atoms with van der Waals surface area (Å²) in [5.74, 6) is -0.276. The average Bonchev–Trinajstić information content (AvgIpc) is 3.23.